The fraction of sp³-hybridized carbons (Fsp3) is 0.348. The van der Waals surface area contributed by atoms with Crippen LogP contribution < -0.4 is 5.32 Å². The monoisotopic (exact) mass is 389 g/mol. The molecule has 1 aliphatic rings. The Morgan fingerprint density at radius 3 is 2.76 bits per heavy atom. The van der Waals surface area contributed by atoms with Gasteiger partial charge in [-0.3, -0.25) is 0 Å². The Kier molecular flexibility index (Phi) is 5.60. The lowest BCUT2D eigenvalue weighted by atomic mass is 9.76. The number of hydrogen-bond acceptors (Lipinski definition) is 3. The Balaban J connectivity index is 1.36. The normalized spacial score (nSPS) is 19.1. The van der Waals surface area contributed by atoms with Gasteiger partial charge in [-0.2, -0.15) is 5.10 Å². The molecule has 1 aliphatic heterocycles. The average molecular weight is 390 g/mol. The van der Waals surface area contributed by atoms with Crippen LogP contribution in [-0.4, -0.2) is 38.8 Å². The molecule has 1 saturated heterocycles. The average Bonchev–Trinajstić information content (AvgIpc) is 3.26. The van der Waals surface area contributed by atoms with Crippen LogP contribution in [0.15, 0.2) is 67.3 Å². The lowest BCUT2D eigenvalue weighted by Gasteiger charge is -2.41. The lowest BCUT2D eigenvalue weighted by Crippen LogP contribution is -2.50. The summed E-state index contributed by atoms with van der Waals surface area (Å²) in [7, 11) is 0. The summed E-state index contributed by atoms with van der Waals surface area (Å²) in [5.74, 6) is 0. The maximum Gasteiger partial charge on any atom is 0.317 e. The number of amides is 2. The van der Waals surface area contributed by atoms with Gasteiger partial charge in [-0.1, -0.05) is 61.5 Å². The van der Waals surface area contributed by atoms with Crippen molar-refractivity contribution in [2.75, 3.05) is 13.1 Å². The molecule has 0 bridgehead atoms. The third-order valence-electron chi connectivity index (χ3n) is 5.70. The van der Waals surface area contributed by atoms with Crippen LogP contribution in [-0.2, 0) is 18.5 Å². The quantitative estimate of drug-likeness (QED) is 0.725. The van der Waals surface area contributed by atoms with Crippen molar-refractivity contribution in [2.24, 2.45) is 0 Å². The minimum absolute atomic E-state index is 0.00790. The van der Waals surface area contributed by atoms with Crippen LogP contribution in [0, 0.1) is 0 Å². The lowest BCUT2D eigenvalue weighted by molar-refractivity contribution is 0.155. The van der Waals surface area contributed by atoms with Gasteiger partial charge in [0.05, 0.1) is 6.54 Å². The van der Waals surface area contributed by atoms with Gasteiger partial charge < -0.3 is 10.2 Å². The summed E-state index contributed by atoms with van der Waals surface area (Å²) in [5, 5.41) is 7.24. The largest absolute Gasteiger partial charge is 0.334 e. The molecular formula is C23H27N5O. The van der Waals surface area contributed by atoms with Crippen LogP contribution in [0.5, 0.6) is 0 Å². The minimum Gasteiger partial charge on any atom is -0.334 e. The molecule has 0 radical (unpaired) electrons. The molecule has 1 aromatic heterocycles. The molecule has 1 N–H and O–H groups in total. The van der Waals surface area contributed by atoms with E-state index in [-0.39, 0.29) is 11.4 Å². The predicted octanol–water partition coefficient (Wildman–Crippen LogP) is 3.59. The molecule has 2 heterocycles. The molecule has 2 aromatic carbocycles. The molecule has 6 nitrogen and oxygen atoms in total. The van der Waals surface area contributed by atoms with Gasteiger partial charge in [-0.05, 0) is 29.5 Å². The van der Waals surface area contributed by atoms with Crippen LogP contribution in [0.3, 0.4) is 0 Å². The van der Waals surface area contributed by atoms with E-state index in [0.717, 1.165) is 37.1 Å². The van der Waals surface area contributed by atoms with Crippen molar-refractivity contribution >= 4 is 6.03 Å². The second kappa shape index (κ2) is 8.47. The number of carbonyl (C=O) groups is 1. The maximum absolute atomic E-state index is 12.8. The maximum atomic E-state index is 12.8. The van der Waals surface area contributed by atoms with E-state index in [1.807, 2.05) is 23.1 Å². The molecule has 4 rings (SSSR count). The molecule has 29 heavy (non-hydrogen) atoms. The zero-order chi connectivity index (χ0) is 20.1. The van der Waals surface area contributed by atoms with Gasteiger partial charge in [-0.25, -0.2) is 14.5 Å². The zero-order valence-corrected chi connectivity index (χ0v) is 16.8. The number of hydrogen-bond donors (Lipinski definition) is 1. The van der Waals surface area contributed by atoms with Crippen LogP contribution in [0.2, 0.25) is 0 Å². The van der Waals surface area contributed by atoms with Gasteiger partial charge in [-0.15, -0.1) is 0 Å². The van der Waals surface area contributed by atoms with Crippen LogP contribution >= 0.6 is 0 Å². The Labute approximate surface area is 171 Å². The number of nitrogens with zero attached hydrogens (tertiary/aromatic N) is 4. The molecule has 0 unspecified atom stereocenters. The summed E-state index contributed by atoms with van der Waals surface area (Å²) < 4.78 is 1.79. The van der Waals surface area contributed by atoms with Gasteiger partial charge >= 0.3 is 6.03 Å². The van der Waals surface area contributed by atoms with E-state index in [2.05, 4.69) is 58.7 Å². The number of carbonyl (C=O) groups excluding carboxylic acids is 1. The van der Waals surface area contributed by atoms with Crippen molar-refractivity contribution in [3.63, 3.8) is 0 Å². The molecular weight excluding hydrogens is 362 g/mol. The predicted molar refractivity (Wildman–Crippen MR) is 112 cm³/mol. The summed E-state index contributed by atoms with van der Waals surface area (Å²) in [6.07, 6.45) is 5.36. The van der Waals surface area contributed by atoms with Crippen molar-refractivity contribution in [3.05, 3.63) is 83.9 Å². The highest BCUT2D eigenvalue weighted by atomic mass is 16.2. The summed E-state index contributed by atoms with van der Waals surface area (Å²) in [6, 6.07) is 18.7. The van der Waals surface area contributed by atoms with Crippen molar-refractivity contribution in [1.29, 1.82) is 0 Å². The first-order valence-electron chi connectivity index (χ1n) is 10.1. The minimum atomic E-state index is 0.00790. The number of urea groups is 1. The van der Waals surface area contributed by atoms with E-state index >= 15 is 0 Å². The molecule has 0 saturated carbocycles. The second-order valence-corrected chi connectivity index (χ2v) is 8.02. The Morgan fingerprint density at radius 1 is 1.14 bits per heavy atom. The Morgan fingerprint density at radius 2 is 1.97 bits per heavy atom. The van der Waals surface area contributed by atoms with Gasteiger partial charge in [0, 0.05) is 25.0 Å². The number of likely N-dealkylation sites (tertiary alicyclic amines) is 1. The Hall–Kier alpha value is -3.15. The van der Waals surface area contributed by atoms with Gasteiger partial charge in [0.2, 0.25) is 0 Å². The molecule has 6 heteroatoms. The highest BCUT2D eigenvalue weighted by Crippen LogP contribution is 2.33. The zero-order valence-electron chi connectivity index (χ0n) is 16.8. The Bertz CT molecular complexity index is 941. The van der Waals surface area contributed by atoms with Crippen molar-refractivity contribution in [3.8, 4) is 0 Å². The third-order valence-corrected chi connectivity index (χ3v) is 5.70. The third kappa shape index (κ3) is 4.65. The van der Waals surface area contributed by atoms with E-state index in [1.165, 1.54) is 11.9 Å². The van der Waals surface area contributed by atoms with E-state index in [1.54, 1.807) is 11.0 Å². The highest BCUT2D eigenvalue weighted by molar-refractivity contribution is 5.74. The second-order valence-electron chi connectivity index (χ2n) is 8.02. The number of piperidine rings is 1. The van der Waals surface area contributed by atoms with E-state index < -0.39 is 0 Å². The molecule has 2 amide bonds. The van der Waals surface area contributed by atoms with Crippen LogP contribution in [0.4, 0.5) is 4.79 Å². The molecule has 3 aromatic rings. The first kappa shape index (κ1) is 19.2. The summed E-state index contributed by atoms with van der Waals surface area (Å²) in [6.45, 7) is 5.00. The van der Waals surface area contributed by atoms with E-state index in [0.29, 0.717) is 13.1 Å². The first-order chi connectivity index (χ1) is 14.1. The number of nitrogens with one attached hydrogen (secondary N) is 1. The molecule has 1 atom stereocenters. The van der Waals surface area contributed by atoms with E-state index in [9.17, 15) is 4.79 Å². The number of aromatic nitrogens is 3. The molecule has 0 aliphatic carbocycles. The van der Waals surface area contributed by atoms with Crippen molar-refractivity contribution in [2.45, 2.75) is 38.3 Å². The van der Waals surface area contributed by atoms with E-state index in [4.69, 9.17) is 0 Å². The summed E-state index contributed by atoms with van der Waals surface area (Å²) in [5.41, 5.74) is 3.53. The summed E-state index contributed by atoms with van der Waals surface area (Å²) >= 11 is 0. The van der Waals surface area contributed by atoms with Gasteiger partial charge in [0.25, 0.3) is 0 Å². The van der Waals surface area contributed by atoms with Crippen LogP contribution in [0.1, 0.15) is 36.5 Å². The molecule has 150 valence electrons. The standard InChI is InChI=1S/C23H27N5O/c1-23(21-9-3-2-4-10-21)11-6-12-27(16-23)22(29)25-14-19-7-5-8-20(13-19)15-28-18-24-17-26-28/h2-5,7-10,13,17-18H,6,11-12,14-16H2,1H3,(H,25,29)/t23-/m0/s1. The van der Waals surface area contributed by atoms with Crippen LogP contribution in [0.25, 0.3) is 0 Å². The number of rotatable bonds is 5. The van der Waals surface area contributed by atoms with Crippen molar-refractivity contribution < 1.29 is 4.79 Å². The fourth-order valence-electron chi connectivity index (χ4n) is 4.12. The van der Waals surface area contributed by atoms with Crippen molar-refractivity contribution in [1.82, 2.24) is 25.0 Å². The SMILES string of the molecule is C[C@]1(c2ccccc2)CCCN(C(=O)NCc2cccc(Cn3cncn3)c2)C1. The smallest absolute Gasteiger partial charge is 0.317 e. The topological polar surface area (TPSA) is 63.1 Å². The fourth-order valence-corrected chi connectivity index (χ4v) is 4.12. The molecule has 0 spiro atoms. The number of benzene rings is 2. The summed E-state index contributed by atoms with van der Waals surface area (Å²) in [4.78, 5) is 18.8. The van der Waals surface area contributed by atoms with Gasteiger partial charge in [0.15, 0.2) is 0 Å². The first-order valence-corrected chi connectivity index (χ1v) is 10.1. The van der Waals surface area contributed by atoms with Gasteiger partial charge in [0.1, 0.15) is 12.7 Å². The highest BCUT2D eigenvalue weighted by Gasteiger charge is 2.34. The molecule has 1 fully saturated rings.